The van der Waals surface area contributed by atoms with E-state index < -0.39 is 64.6 Å². The molecule has 20 heteroatoms. The second-order valence-corrected chi connectivity index (χ2v) is 20.0. The molecular formula is C62H55Cl2F2N5O11. The number of nitrogens with one attached hydrogen (secondary N) is 4. The van der Waals surface area contributed by atoms with Gasteiger partial charge in [-0.05, 0) is 123 Å². The third kappa shape index (κ3) is 13.7. The molecule has 0 spiro atoms. The number of carboxylic acids is 1. The molecule has 0 fully saturated rings. The van der Waals surface area contributed by atoms with E-state index in [1.54, 1.807) is 112 Å². The predicted molar refractivity (Wildman–Crippen MR) is 311 cm³/mol. The number of aromatic carboxylic acids is 1. The fourth-order valence-corrected chi connectivity index (χ4v) is 9.09. The molecule has 0 aliphatic carbocycles. The molecule has 0 saturated heterocycles. The molecule has 8 rings (SSSR count). The van der Waals surface area contributed by atoms with Gasteiger partial charge in [0, 0.05) is 61.6 Å². The summed E-state index contributed by atoms with van der Waals surface area (Å²) in [6, 6.07) is 38.8. The molecule has 5 N–H and O–H groups in total. The maximum Gasteiger partial charge on any atom is 0.339 e. The van der Waals surface area contributed by atoms with Gasteiger partial charge in [-0.3, -0.25) is 9.69 Å². The minimum atomic E-state index is -1.57. The molecule has 0 aromatic heterocycles. The number of carbonyl (C=O) groups is 4. The van der Waals surface area contributed by atoms with Crippen molar-refractivity contribution in [3.63, 3.8) is 0 Å². The lowest BCUT2D eigenvalue weighted by Gasteiger charge is -2.38. The van der Waals surface area contributed by atoms with Crippen LogP contribution >= 0.6 is 23.2 Å². The molecule has 0 bridgehead atoms. The SMILES string of the molecule is COc1ccc(NC(=O)Nc2ccc(OC(c3ccc(Cl)cc3)c3ccccc3F)c(C(=O)N(c3cc(NC(=O)Nc4ccc(OC)c(OC)c4)cc(C(=O)O)c3OC(c3ccc(Cl)cc3)c3ccccc3F)C(C)(C)C)c2)cc1OC. The fraction of sp³-hybridized carbons (Fsp3) is 0.161. The summed E-state index contributed by atoms with van der Waals surface area (Å²) in [6.45, 7) is 4.96. The maximum atomic E-state index is 16.3. The van der Waals surface area contributed by atoms with Crippen molar-refractivity contribution in [3.05, 3.63) is 219 Å². The molecule has 82 heavy (non-hydrogen) atoms. The maximum absolute atomic E-state index is 16.3. The van der Waals surface area contributed by atoms with Gasteiger partial charge < -0.3 is 54.8 Å². The summed E-state index contributed by atoms with van der Waals surface area (Å²) < 4.78 is 67.3. The summed E-state index contributed by atoms with van der Waals surface area (Å²) in [4.78, 5) is 59.1. The van der Waals surface area contributed by atoms with E-state index >= 15 is 13.6 Å². The highest BCUT2D eigenvalue weighted by molar-refractivity contribution is 6.30. The quantitative estimate of drug-likeness (QED) is 0.0517. The summed E-state index contributed by atoms with van der Waals surface area (Å²) in [6.07, 6.45) is -2.62. The zero-order chi connectivity index (χ0) is 58.8. The standard InChI is InChI=1S/C62H55Cl2F2N5O11/c1-62(2,3)71(58(72)45-30-39(67-60(75)68-40-25-28-51(77-4)53(33-40)79-6)24-27-50(45)81-55(35-16-20-37(63)21-17-35)43-12-8-10-14-47(43)65)49-32-42(70-61(76)69-41-26-29-52(78-5)54(34-41)80-7)31-46(59(73)74)57(49)82-56(36-18-22-38(64)23-19-36)44-13-9-11-15-48(44)66/h8-34,55-56H,1-7H3,(H,73,74)(H2,67,68,75)(H2,69,70,76). The molecule has 0 saturated carbocycles. The van der Waals surface area contributed by atoms with Crippen molar-refractivity contribution in [2.24, 2.45) is 0 Å². The summed E-state index contributed by atoms with van der Waals surface area (Å²) in [5.41, 5.74) is -1.09. The zero-order valence-corrected chi connectivity index (χ0v) is 46.7. The number of anilines is 5. The Balaban J connectivity index is 1.33. The van der Waals surface area contributed by atoms with E-state index in [1.165, 1.54) is 100 Å². The summed E-state index contributed by atoms with van der Waals surface area (Å²) in [7, 11) is 5.79. The number of amides is 5. The van der Waals surface area contributed by atoms with Gasteiger partial charge in [0.15, 0.2) is 41.0 Å². The Kier molecular flexibility index (Phi) is 18.4. The molecule has 2 unspecified atom stereocenters. The van der Waals surface area contributed by atoms with Gasteiger partial charge in [0.05, 0.1) is 39.7 Å². The van der Waals surface area contributed by atoms with E-state index in [1.807, 2.05) is 0 Å². The number of ether oxygens (including phenoxy) is 6. The average molecular weight is 1160 g/mol. The van der Waals surface area contributed by atoms with E-state index in [0.29, 0.717) is 49.9 Å². The summed E-state index contributed by atoms with van der Waals surface area (Å²) >= 11 is 12.7. The summed E-state index contributed by atoms with van der Waals surface area (Å²) in [5.74, 6) is -2.94. The van der Waals surface area contributed by atoms with Crippen LogP contribution in [-0.4, -0.2) is 63.0 Å². The van der Waals surface area contributed by atoms with Crippen LogP contribution in [0.1, 0.15) is 75.9 Å². The van der Waals surface area contributed by atoms with Gasteiger partial charge in [-0.15, -0.1) is 0 Å². The highest BCUT2D eigenvalue weighted by Crippen LogP contribution is 2.45. The number of benzene rings is 8. The van der Waals surface area contributed by atoms with Crippen LogP contribution in [0.15, 0.2) is 164 Å². The van der Waals surface area contributed by atoms with E-state index in [9.17, 15) is 19.5 Å². The van der Waals surface area contributed by atoms with Crippen molar-refractivity contribution in [1.82, 2.24) is 0 Å². The van der Waals surface area contributed by atoms with Crippen LogP contribution < -0.4 is 54.6 Å². The second-order valence-electron chi connectivity index (χ2n) is 19.1. The van der Waals surface area contributed by atoms with Gasteiger partial charge in [-0.1, -0.05) is 83.9 Å². The third-order valence-corrected chi connectivity index (χ3v) is 13.1. The molecule has 422 valence electrons. The van der Waals surface area contributed by atoms with Gasteiger partial charge in [0.2, 0.25) is 0 Å². The van der Waals surface area contributed by atoms with Crippen molar-refractivity contribution in [3.8, 4) is 34.5 Å². The largest absolute Gasteiger partial charge is 0.493 e. The van der Waals surface area contributed by atoms with Crippen molar-refractivity contribution in [1.29, 1.82) is 0 Å². The van der Waals surface area contributed by atoms with Gasteiger partial charge in [-0.2, -0.15) is 0 Å². The number of hydrogen-bond acceptors (Lipinski definition) is 10. The zero-order valence-electron chi connectivity index (χ0n) is 45.2. The van der Waals surface area contributed by atoms with Crippen molar-refractivity contribution < 1.29 is 61.5 Å². The molecule has 2 atom stereocenters. The third-order valence-electron chi connectivity index (χ3n) is 12.6. The van der Waals surface area contributed by atoms with E-state index in [-0.39, 0.29) is 45.2 Å². The summed E-state index contributed by atoms with van der Waals surface area (Å²) in [5, 5.41) is 22.8. The first-order valence-electron chi connectivity index (χ1n) is 25.1. The van der Waals surface area contributed by atoms with Gasteiger partial charge in [-0.25, -0.2) is 23.2 Å². The van der Waals surface area contributed by atoms with Gasteiger partial charge in [0.1, 0.15) is 22.9 Å². The smallest absolute Gasteiger partial charge is 0.339 e. The molecular weight excluding hydrogens is 1100 g/mol. The number of hydrogen-bond donors (Lipinski definition) is 5. The van der Waals surface area contributed by atoms with Crippen molar-refractivity contribution in [2.75, 3.05) is 54.6 Å². The monoisotopic (exact) mass is 1150 g/mol. The molecule has 0 heterocycles. The Hall–Kier alpha value is -9.52. The van der Waals surface area contributed by atoms with E-state index in [0.717, 1.165) is 6.07 Å². The Morgan fingerprint density at radius 3 is 1.32 bits per heavy atom. The Morgan fingerprint density at radius 2 is 0.890 bits per heavy atom. The normalized spacial score (nSPS) is 11.7. The topological polar surface area (TPSA) is 195 Å². The molecule has 0 aliphatic rings. The van der Waals surface area contributed by atoms with Crippen LogP contribution in [0.25, 0.3) is 0 Å². The minimum absolute atomic E-state index is 0.0144. The molecule has 0 radical (unpaired) electrons. The second kappa shape index (κ2) is 25.7. The Morgan fingerprint density at radius 1 is 0.488 bits per heavy atom. The Labute approximate surface area is 481 Å². The van der Waals surface area contributed by atoms with Gasteiger partial charge in [0.25, 0.3) is 5.91 Å². The van der Waals surface area contributed by atoms with Crippen LogP contribution in [0, 0.1) is 11.6 Å². The molecule has 0 aliphatic heterocycles. The minimum Gasteiger partial charge on any atom is -0.493 e. The fourth-order valence-electron chi connectivity index (χ4n) is 8.84. The van der Waals surface area contributed by atoms with E-state index in [2.05, 4.69) is 21.3 Å². The number of halogens is 4. The number of carbonyl (C=O) groups excluding carboxylic acids is 3. The number of methoxy groups -OCH3 is 4. The van der Waals surface area contributed by atoms with Crippen molar-refractivity contribution in [2.45, 2.75) is 38.5 Å². The molecule has 16 nitrogen and oxygen atoms in total. The lowest BCUT2D eigenvalue weighted by molar-refractivity contribution is 0.0689. The highest BCUT2D eigenvalue weighted by atomic mass is 35.5. The highest BCUT2D eigenvalue weighted by Gasteiger charge is 2.37. The van der Waals surface area contributed by atoms with Crippen LogP contribution in [0.5, 0.6) is 34.5 Å². The lowest BCUT2D eigenvalue weighted by atomic mass is 9.98. The molecule has 8 aromatic rings. The molecule has 5 amide bonds. The number of carboxylic acid groups (broad SMARTS) is 1. The number of urea groups is 2. The average Bonchev–Trinajstić information content (AvgIpc) is 3.51. The lowest BCUT2D eigenvalue weighted by Crippen LogP contribution is -2.46. The van der Waals surface area contributed by atoms with E-state index in [4.69, 9.17) is 51.6 Å². The molecule has 8 aromatic carbocycles. The first-order valence-corrected chi connectivity index (χ1v) is 25.9. The van der Waals surface area contributed by atoms with Crippen LogP contribution in [0.3, 0.4) is 0 Å². The van der Waals surface area contributed by atoms with Crippen molar-refractivity contribution >= 4 is 75.6 Å². The van der Waals surface area contributed by atoms with Crippen LogP contribution in [0.2, 0.25) is 10.0 Å². The number of rotatable bonds is 19. The van der Waals surface area contributed by atoms with Crippen LogP contribution in [-0.2, 0) is 0 Å². The Bertz CT molecular complexity index is 3660. The first kappa shape index (κ1) is 58.6. The van der Waals surface area contributed by atoms with Crippen LogP contribution in [0.4, 0.5) is 46.8 Å². The predicted octanol–water partition coefficient (Wildman–Crippen LogP) is 15.1. The first-order chi connectivity index (χ1) is 39.3. The number of nitrogens with zero attached hydrogens (tertiary/aromatic N) is 1. The van der Waals surface area contributed by atoms with Gasteiger partial charge >= 0.3 is 18.0 Å².